The fourth-order valence-corrected chi connectivity index (χ4v) is 2.06. The maximum absolute atomic E-state index is 11.8. The highest BCUT2D eigenvalue weighted by Gasteiger charge is 2.20. The number of carbonyl (C=O) groups is 1. The molecule has 122 valence electrons. The molecule has 0 aliphatic carbocycles. The van der Waals surface area contributed by atoms with Gasteiger partial charge in [-0.2, -0.15) is 0 Å². The van der Waals surface area contributed by atoms with Crippen LogP contribution < -0.4 is 15.1 Å². The van der Waals surface area contributed by atoms with Crippen LogP contribution in [0.2, 0.25) is 0 Å². The molecule has 0 amide bonds. The largest absolute Gasteiger partial charge is 0.503 e. The maximum atomic E-state index is 11.8. The van der Waals surface area contributed by atoms with E-state index in [9.17, 15) is 14.7 Å². The smallest absolute Gasteiger partial charge is 0.383 e. The lowest BCUT2D eigenvalue weighted by molar-refractivity contribution is -0.132. The Kier molecular flexibility index (Phi) is 5.41. The van der Waals surface area contributed by atoms with Crippen LogP contribution in [0, 0.1) is 0 Å². The molecule has 0 saturated heterocycles. The Morgan fingerprint density at radius 2 is 2.13 bits per heavy atom. The predicted octanol–water partition coefficient (Wildman–Crippen LogP) is 3.16. The molecule has 1 heterocycles. The van der Waals surface area contributed by atoms with Gasteiger partial charge in [-0.15, -0.1) is 0 Å². The summed E-state index contributed by atoms with van der Waals surface area (Å²) in [5, 5.41) is 10.5. The molecular formula is C17H18O6. The lowest BCUT2D eigenvalue weighted by Crippen LogP contribution is -2.11. The molecule has 0 aliphatic rings. The van der Waals surface area contributed by atoms with Gasteiger partial charge in [0.2, 0.25) is 0 Å². The molecule has 0 saturated carbocycles. The van der Waals surface area contributed by atoms with E-state index in [0.717, 1.165) is 13.3 Å². The van der Waals surface area contributed by atoms with Crippen molar-refractivity contribution in [3.05, 3.63) is 40.8 Å². The van der Waals surface area contributed by atoms with Crippen LogP contribution in [0.25, 0.3) is 11.0 Å². The molecule has 1 aromatic heterocycles. The molecule has 2 aromatic rings. The maximum Gasteiger partial charge on any atom is 0.383 e. The van der Waals surface area contributed by atoms with Gasteiger partial charge in [0.1, 0.15) is 16.7 Å². The number of carbonyl (C=O) groups excluding carboxylic acids is 1. The number of esters is 1. The summed E-state index contributed by atoms with van der Waals surface area (Å²) in [4.78, 5) is 22.8. The SMILES string of the molecule is CC/C=C/CCOc1cccc2oc(=O)c(OC(C)=O)c(O)c12. The molecule has 1 N–H and O–H groups in total. The van der Waals surface area contributed by atoms with Gasteiger partial charge < -0.3 is 19.0 Å². The Bertz CT molecular complexity index is 788. The number of allylic oxidation sites excluding steroid dienone is 1. The summed E-state index contributed by atoms with van der Waals surface area (Å²) in [6.07, 6.45) is 5.68. The lowest BCUT2D eigenvalue weighted by Gasteiger charge is -2.10. The zero-order valence-electron chi connectivity index (χ0n) is 13.0. The van der Waals surface area contributed by atoms with E-state index in [1.807, 2.05) is 19.1 Å². The van der Waals surface area contributed by atoms with Gasteiger partial charge in [0.15, 0.2) is 5.75 Å². The average molecular weight is 318 g/mol. The van der Waals surface area contributed by atoms with E-state index in [0.29, 0.717) is 18.8 Å². The average Bonchev–Trinajstić information content (AvgIpc) is 2.50. The van der Waals surface area contributed by atoms with Gasteiger partial charge in [0, 0.05) is 6.92 Å². The van der Waals surface area contributed by atoms with Crippen LogP contribution in [0.3, 0.4) is 0 Å². The molecule has 0 radical (unpaired) electrons. The van der Waals surface area contributed by atoms with Crippen LogP contribution in [0.5, 0.6) is 17.2 Å². The van der Waals surface area contributed by atoms with Crippen LogP contribution in [-0.2, 0) is 4.79 Å². The van der Waals surface area contributed by atoms with E-state index in [4.69, 9.17) is 13.9 Å². The second-order valence-electron chi connectivity index (χ2n) is 4.81. The fourth-order valence-electron chi connectivity index (χ4n) is 2.06. The predicted molar refractivity (Wildman–Crippen MR) is 85.0 cm³/mol. The Labute approximate surface area is 132 Å². The number of aromatic hydroxyl groups is 1. The monoisotopic (exact) mass is 318 g/mol. The second-order valence-corrected chi connectivity index (χ2v) is 4.81. The molecule has 0 spiro atoms. The molecule has 0 aliphatic heterocycles. The highest BCUT2D eigenvalue weighted by Crippen LogP contribution is 2.37. The molecule has 23 heavy (non-hydrogen) atoms. The van der Waals surface area contributed by atoms with Crippen LogP contribution in [0.1, 0.15) is 26.7 Å². The van der Waals surface area contributed by atoms with E-state index in [2.05, 4.69) is 0 Å². The summed E-state index contributed by atoms with van der Waals surface area (Å²) in [5.41, 5.74) is -0.766. The van der Waals surface area contributed by atoms with E-state index < -0.39 is 23.1 Å². The van der Waals surface area contributed by atoms with Crippen molar-refractivity contribution in [2.45, 2.75) is 26.7 Å². The van der Waals surface area contributed by atoms with Crippen molar-refractivity contribution >= 4 is 16.9 Å². The summed E-state index contributed by atoms with van der Waals surface area (Å²) in [6, 6.07) is 4.81. The van der Waals surface area contributed by atoms with Gasteiger partial charge >= 0.3 is 11.6 Å². The minimum absolute atomic E-state index is 0.157. The molecule has 0 atom stereocenters. The Balaban J connectivity index is 2.39. The van der Waals surface area contributed by atoms with E-state index >= 15 is 0 Å². The van der Waals surface area contributed by atoms with Crippen LogP contribution >= 0.6 is 0 Å². The van der Waals surface area contributed by atoms with Crippen molar-refractivity contribution < 1.29 is 23.8 Å². The third-order valence-corrected chi connectivity index (χ3v) is 3.02. The zero-order chi connectivity index (χ0) is 16.8. The first kappa shape index (κ1) is 16.6. The van der Waals surface area contributed by atoms with Gasteiger partial charge in [0.05, 0.1) is 6.61 Å². The summed E-state index contributed by atoms with van der Waals surface area (Å²) in [6.45, 7) is 3.57. The molecule has 6 nitrogen and oxygen atoms in total. The number of hydrogen-bond acceptors (Lipinski definition) is 6. The van der Waals surface area contributed by atoms with Crippen LogP contribution in [0.15, 0.2) is 39.6 Å². The van der Waals surface area contributed by atoms with Crippen LogP contribution in [-0.4, -0.2) is 17.7 Å². The van der Waals surface area contributed by atoms with Gasteiger partial charge in [0.25, 0.3) is 5.75 Å². The molecule has 6 heteroatoms. The highest BCUT2D eigenvalue weighted by atomic mass is 16.6. The standard InChI is InChI=1S/C17H18O6/c1-3-4-5-6-10-21-12-8-7-9-13-14(12)15(19)16(17(20)23-13)22-11(2)18/h4-5,7-9,19H,3,6,10H2,1-2H3/b5-4+. The Morgan fingerprint density at radius 3 is 2.83 bits per heavy atom. The quantitative estimate of drug-likeness (QED) is 0.381. The Hall–Kier alpha value is -2.76. The van der Waals surface area contributed by atoms with Gasteiger partial charge in [-0.1, -0.05) is 25.1 Å². The van der Waals surface area contributed by atoms with Crippen molar-refractivity contribution in [1.82, 2.24) is 0 Å². The number of ether oxygens (including phenoxy) is 2. The molecule has 1 aromatic carbocycles. The highest BCUT2D eigenvalue weighted by molar-refractivity contribution is 5.91. The number of fused-ring (bicyclic) bond motifs is 1. The van der Waals surface area contributed by atoms with Crippen molar-refractivity contribution in [2.75, 3.05) is 6.61 Å². The first-order valence-corrected chi connectivity index (χ1v) is 7.29. The number of benzene rings is 1. The van der Waals surface area contributed by atoms with Gasteiger partial charge in [-0.05, 0) is 25.0 Å². The van der Waals surface area contributed by atoms with Crippen LogP contribution in [0.4, 0.5) is 0 Å². The zero-order valence-corrected chi connectivity index (χ0v) is 13.0. The van der Waals surface area contributed by atoms with Crippen molar-refractivity contribution in [1.29, 1.82) is 0 Å². The lowest BCUT2D eigenvalue weighted by atomic mass is 10.2. The molecule has 0 fully saturated rings. The minimum Gasteiger partial charge on any atom is -0.503 e. The first-order chi connectivity index (χ1) is 11.0. The topological polar surface area (TPSA) is 86.0 Å². The van der Waals surface area contributed by atoms with Crippen molar-refractivity contribution in [3.63, 3.8) is 0 Å². The molecule has 0 unspecified atom stereocenters. The molecular weight excluding hydrogens is 300 g/mol. The van der Waals surface area contributed by atoms with E-state index in [1.165, 1.54) is 6.07 Å². The minimum atomic E-state index is -0.923. The summed E-state index contributed by atoms with van der Waals surface area (Å²) >= 11 is 0. The van der Waals surface area contributed by atoms with Gasteiger partial charge in [-0.3, -0.25) is 4.79 Å². The fraction of sp³-hybridized carbons (Fsp3) is 0.294. The van der Waals surface area contributed by atoms with E-state index in [-0.39, 0.29) is 11.0 Å². The van der Waals surface area contributed by atoms with Gasteiger partial charge in [-0.25, -0.2) is 4.79 Å². The van der Waals surface area contributed by atoms with Crippen molar-refractivity contribution in [2.24, 2.45) is 0 Å². The van der Waals surface area contributed by atoms with Crippen molar-refractivity contribution in [3.8, 4) is 17.2 Å². The first-order valence-electron chi connectivity index (χ1n) is 7.29. The third kappa shape index (κ3) is 3.91. The third-order valence-electron chi connectivity index (χ3n) is 3.02. The number of hydrogen-bond donors (Lipinski definition) is 1. The number of rotatable bonds is 6. The summed E-state index contributed by atoms with van der Waals surface area (Å²) in [5.74, 6) is -1.38. The molecule has 0 bridgehead atoms. The van der Waals surface area contributed by atoms with E-state index in [1.54, 1.807) is 12.1 Å². The summed E-state index contributed by atoms with van der Waals surface area (Å²) in [7, 11) is 0. The summed E-state index contributed by atoms with van der Waals surface area (Å²) < 4.78 is 15.4. The molecule has 2 rings (SSSR count). The Morgan fingerprint density at radius 1 is 1.35 bits per heavy atom. The normalized spacial score (nSPS) is 11.0. The second kappa shape index (κ2) is 7.49.